The van der Waals surface area contributed by atoms with Crippen LogP contribution in [0.4, 0.5) is 0 Å². The second-order valence-corrected chi connectivity index (χ2v) is 3.95. The number of carboxylic acid groups (broad SMARTS) is 2. The molecule has 0 aliphatic heterocycles. The van der Waals surface area contributed by atoms with Gasteiger partial charge >= 0.3 is 11.9 Å². The van der Waals surface area contributed by atoms with E-state index >= 15 is 0 Å². The molecule has 0 aliphatic carbocycles. The van der Waals surface area contributed by atoms with E-state index in [2.05, 4.69) is 22.5 Å². The van der Waals surface area contributed by atoms with E-state index in [4.69, 9.17) is 10.2 Å². The molecule has 1 aromatic rings. The highest BCUT2D eigenvalue weighted by Gasteiger charge is 2.18. The van der Waals surface area contributed by atoms with Crippen molar-refractivity contribution in [3.63, 3.8) is 0 Å². The number of rotatable bonds is 4. The van der Waals surface area contributed by atoms with Crippen LogP contribution in [0.1, 0.15) is 26.3 Å². The summed E-state index contributed by atoms with van der Waals surface area (Å²) in [6, 6.07) is 2.64. The van der Waals surface area contributed by atoms with Gasteiger partial charge in [-0.15, -0.1) is 6.58 Å². The first-order valence-electron chi connectivity index (χ1n) is 4.37. The van der Waals surface area contributed by atoms with E-state index in [1.165, 1.54) is 12.1 Å². The van der Waals surface area contributed by atoms with E-state index in [0.717, 1.165) is 0 Å². The zero-order chi connectivity index (χ0) is 12.3. The predicted octanol–water partition coefficient (Wildman–Crippen LogP) is 2.57. The van der Waals surface area contributed by atoms with E-state index in [9.17, 15) is 9.59 Å². The molecule has 0 atom stereocenters. The average molecular weight is 285 g/mol. The average Bonchev–Trinajstić information content (AvgIpc) is 2.20. The monoisotopic (exact) mass is 284 g/mol. The number of hydrogen-bond acceptors (Lipinski definition) is 2. The van der Waals surface area contributed by atoms with E-state index < -0.39 is 11.9 Å². The fourth-order valence-electron chi connectivity index (χ4n) is 1.28. The Morgan fingerprint density at radius 3 is 2.19 bits per heavy atom. The summed E-state index contributed by atoms with van der Waals surface area (Å²) in [5, 5.41) is 17.7. The number of carbonyl (C=O) groups is 2. The summed E-state index contributed by atoms with van der Waals surface area (Å²) in [6.45, 7) is 3.54. The molecule has 0 aliphatic rings. The van der Waals surface area contributed by atoms with E-state index in [1.54, 1.807) is 6.08 Å². The Labute approximate surface area is 100 Å². The third-order valence-electron chi connectivity index (χ3n) is 2.01. The smallest absolute Gasteiger partial charge is 0.336 e. The molecule has 84 valence electrons. The summed E-state index contributed by atoms with van der Waals surface area (Å²) >= 11 is 3.20. The lowest BCUT2D eigenvalue weighted by molar-refractivity contribution is 0.0651. The van der Waals surface area contributed by atoms with Crippen molar-refractivity contribution in [2.75, 3.05) is 0 Å². The number of allylic oxidation sites excluding steroid dienone is 1. The van der Waals surface area contributed by atoms with Crippen molar-refractivity contribution >= 4 is 27.9 Å². The Balaban J connectivity index is 3.42. The lowest BCUT2D eigenvalue weighted by Gasteiger charge is -2.07. The Morgan fingerprint density at radius 1 is 1.25 bits per heavy atom. The van der Waals surface area contributed by atoms with E-state index in [-0.39, 0.29) is 11.1 Å². The molecule has 0 aromatic heterocycles. The number of aromatic carboxylic acids is 2. The van der Waals surface area contributed by atoms with Gasteiger partial charge in [0, 0.05) is 4.47 Å². The van der Waals surface area contributed by atoms with Crippen LogP contribution in [0.25, 0.3) is 0 Å². The van der Waals surface area contributed by atoms with Gasteiger partial charge in [0.15, 0.2) is 0 Å². The maximum absolute atomic E-state index is 10.9. The first-order valence-corrected chi connectivity index (χ1v) is 5.16. The van der Waals surface area contributed by atoms with Crippen LogP contribution in [0.3, 0.4) is 0 Å². The summed E-state index contributed by atoms with van der Waals surface area (Å²) < 4.78 is 0.565. The molecule has 2 N–H and O–H groups in total. The minimum Gasteiger partial charge on any atom is -0.478 e. The second-order valence-electron chi connectivity index (χ2n) is 3.09. The van der Waals surface area contributed by atoms with Crippen LogP contribution in [0.5, 0.6) is 0 Å². The van der Waals surface area contributed by atoms with Crippen molar-refractivity contribution in [1.82, 2.24) is 0 Å². The lowest BCUT2D eigenvalue weighted by atomic mass is 10.0. The van der Waals surface area contributed by atoms with Gasteiger partial charge < -0.3 is 10.2 Å². The van der Waals surface area contributed by atoms with Crippen LogP contribution in [-0.2, 0) is 6.42 Å². The largest absolute Gasteiger partial charge is 0.478 e. The molecule has 0 saturated heterocycles. The minimum absolute atomic E-state index is 0.215. The normalized spacial score (nSPS) is 9.81. The molecule has 4 nitrogen and oxygen atoms in total. The maximum atomic E-state index is 10.9. The van der Waals surface area contributed by atoms with E-state index in [0.29, 0.717) is 16.5 Å². The van der Waals surface area contributed by atoms with Gasteiger partial charge in [-0.25, -0.2) is 9.59 Å². The zero-order valence-electron chi connectivity index (χ0n) is 8.24. The van der Waals surface area contributed by atoms with Gasteiger partial charge in [-0.2, -0.15) is 0 Å². The van der Waals surface area contributed by atoms with Crippen LogP contribution < -0.4 is 0 Å². The fourth-order valence-corrected chi connectivity index (χ4v) is 1.79. The summed E-state index contributed by atoms with van der Waals surface area (Å²) in [7, 11) is 0. The van der Waals surface area contributed by atoms with Crippen LogP contribution in [0, 0.1) is 0 Å². The first-order chi connectivity index (χ1) is 7.47. The van der Waals surface area contributed by atoms with Gasteiger partial charge in [-0.1, -0.05) is 22.0 Å². The van der Waals surface area contributed by atoms with Gasteiger partial charge in [-0.05, 0) is 24.1 Å². The SMILES string of the molecule is C=CCc1cc(C(=O)O)c(C(=O)O)cc1Br. The topological polar surface area (TPSA) is 74.6 Å². The highest BCUT2D eigenvalue weighted by molar-refractivity contribution is 9.10. The summed E-state index contributed by atoms with van der Waals surface area (Å²) in [4.78, 5) is 21.7. The number of carboxylic acids is 2. The molecule has 16 heavy (non-hydrogen) atoms. The molecule has 0 saturated carbocycles. The molecule has 0 spiro atoms. The van der Waals surface area contributed by atoms with Crippen molar-refractivity contribution in [3.8, 4) is 0 Å². The molecule has 0 fully saturated rings. The van der Waals surface area contributed by atoms with E-state index in [1.807, 2.05) is 0 Å². The zero-order valence-corrected chi connectivity index (χ0v) is 9.82. The highest BCUT2D eigenvalue weighted by Crippen LogP contribution is 2.23. The van der Waals surface area contributed by atoms with Gasteiger partial charge in [0.1, 0.15) is 0 Å². The Kier molecular flexibility index (Phi) is 3.84. The van der Waals surface area contributed by atoms with Crippen molar-refractivity contribution in [3.05, 3.63) is 46.0 Å². The summed E-state index contributed by atoms with van der Waals surface area (Å²) in [5.41, 5.74) is 0.247. The third-order valence-corrected chi connectivity index (χ3v) is 2.75. The maximum Gasteiger partial charge on any atom is 0.336 e. The molecule has 0 amide bonds. The molecule has 0 unspecified atom stereocenters. The van der Waals surface area contributed by atoms with Crippen LogP contribution in [0.2, 0.25) is 0 Å². The van der Waals surface area contributed by atoms with Crippen molar-refractivity contribution in [2.45, 2.75) is 6.42 Å². The molecular weight excluding hydrogens is 276 g/mol. The molecular formula is C11H9BrO4. The van der Waals surface area contributed by atoms with Crippen LogP contribution in [0.15, 0.2) is 29.3 Å². The third kappa shape index (κ3) is 2.49. The standard InChI is InChI=1S/C11H9BrO4/c1-2-3-6-4-7(10(13)14)8(11(15)16)5-9(6)12/h2,4-5H,1,3H2,(H,13,14)(H,15,16). The number of halogens is 1. The van der Waals surface area contributed by atoms with Gasteiger partial charge in [0.05, 0.1) is 11.1 Å². The highest BCUT2D eigenvalue weighted by atomic mass is 79.9. The van der Waals surface area contributed by atoms with Gasteiger partial charge in [0.2, 0.25) is 0 Å². The van der Waals surface area contributed by atoms with Crippen LogP contribution >= 0.6 is 15.9 Å². The van der Waals surface area contributed by atoms with Crippen molar-refractivity contribution in [2.24, 2.45) is 0 Å². The predicted molar refractivity (Wildman–Crippen MR) is 62.0 cm³/mol. The first kappa shape index (κ1) is 12.4. The summed E-state index contributed by atoms with van der Waals surface area (Å²) in [5.74, 6) is -2.52. The van der Waals surface area contributed by atoms with Gasteiger partial charge in [0.25, 0.3) is 0 Å². The van der Waals surface area contributed by atoms with Gasteiger partial charge in [-0.3, -0.25) is 0 Å². The molecule has 1 aromatic carbocycles. The molecule has 5 heteroatoms. The molecule has 0 radical (unpaired) electrons. The Hall–Kier alpha value is -1.62. The number of hydrogen-bond donors (Lipinski definition) is 2. The summed E-state index contributed by atoms with van der Waals surface area (Å²) in [6.07, 6.45) is 2.09. The van der Waals surface area contributed by atoms with Crippen molar-refractivity contribution in [1.29, 1.82) is 0 Å². The van der Waals surface area contributed by atoms with Crippen LogP contribution in [-0.4, -0.2) is 22.2 Å². The molecule has 0 bridgehead atoms. The fraction of sp³-hybridized carbons (Fsp3) is 0.0909. The quantitative estimate of drug-likeness (QED) is 0.834. The minimum atomic E-state index is -1.26. The Bertz CT molecular complexity index is 465. The second kappa shape index (κ2) is 4.94. The Morgan fingerprint density at radius 2 is 1.75 bits per heavy atom. The van der Waals surface area contributed by atoms with Crippen molar-refractivity contribution < 1.29 is 19.8 Å². The lowest BCUT2D eigenvalue weighted by Crippen LogP contribution is -2.09. The molecule has 0 heterocycles. The molecule has 1 rings (SSSR count). The number of benzene rings is 1.